The fourth-order valence-electron chi connectivity index (χ4n) is 1.47. The molecule has 1 aromatic carbocycles. The van der Waals surface area contributed by atoms with Crippen LogP contribution in [0.4, 0.5) is 15.9 Å². The molecule has 2 rings (SSSR count). The summed E-state index contributed by atoms with van der Waals surface area (Å²) >= 11 is 0. The zero-order valence-electron chi connectivity index (χ0n) is 9.96. The second kappa shape index (κ2) is 4.89. The number of aromatic nitrogens is 1. The Kier molecular flexibility index (Phi) is 3.28. The molecule has 98 valence electrons. The molecule has 0 saturated heterocycles. The minimum Gasteiger partial charge on any atom is -0.439 e. The Bertz CT molecular complexity index is 646. The summed E-state index contributed by atoms with van der Waals surface area (Å²) in [5.74, 6) is -0.0779. The quantitative estimate of drug-likeness (QED) is 0.679. The molecule has 2 N–H and O–H groups in total. The van der Waals surface area contributed by atoms with Crippen molar-refractivity contribution in [2.45, 2.75) is 6.92 Å². The highest BCUT2D eigenvalue weighted by Crippen LogP contribution is 2.26. The van der Waals surface area contributed by atoms with Crippen molar-refractivity contribution in [3.05, 3.63) is 51.8 Å². The van der Waals surface area contributed by atoms with Crippen molar-refractivity contribution in [3.8, 4) is 11.6 Å². The summed E-state index contributed by atoms with van der Waals surface area (Å²) < 4.78 is 18.4. The predicted octanol–water partition coefficient (Wildman–Crippen LogP) is 2.81. The Morgan fingerprint density at radius 1 is 1.37 bits per heavy atom. The summed E-state index contributed by atoms with van der Waals surface area (Å²) in [5.41, 5.74) is 5.63. The van der Waals surface area contributed by atoms with Gasteiger partial charge in [0.2, 0.25) is 5.88 Å². The molecule has 7 heteroatoms. The first-order valence-corrected chi connectivity index (χ1v) is 5.31. The van der Waals surface area contributed by atoms with Crippen LogP contribution in [0.2, 0.25) is 0 Å². The van der Waals surface area contributed by atoms with Crippen molar-refractivity contribution >= 4 is 11.5 Å². The molecule has 2 aromatic rings. The van der Waals surface area contributed by atoms with Crippen LogP contribution in [0.15, 0.2) is 30.3 Å². The number of nitrogens with two attached hydrogens (primary N) is 1. The number of ether oxygens (including phenoxy) is 1. The van der Waals surface area contributed by atoms with Gasteiger partial charge in [-0.2, -0.15) is 4.98 Å². The van der Waals surface area contributed by atoms with Crippen LogP contribution < -0.4 is 10.5 Å². The van der Waals surface area contributed by atoms with Gasteiger partial charge in [-0.1, -0.05) is 0 Å². The van der Waals surface area contributed by atoms with Crippen LogP contribution in [0.1, 0.15) is 5.56 Å². The van der Waals surface area contributed by atoms with Crippen molar-refractivity contribution < 1.29 is 14.1 Å². The van der Waals surface area contributed by atoms with E-state index in [1.165, 1.54) is 18.2 Å². The molecular weight excluding hydrogens is 253 g/mol. The average Bonchev–Trinajstić information content (AvgIpc) is 2.33. The van der Waals surface area contributed by atoms with Crippen molar-refractivity contribution in [1.82, 2.24) is 4.98 Å². The monoisotopic (exact) mass is 263 g/mol. The van der Waals surface area contributed by atoms with E-state index in [-0.39, 0.29) is 23.2 Å². The third kappa shape index (κ3) is 2.95. The van der Waals surface area contributed by atoms with Crippen molar-refractivity contribution in [3.63, 3.8) is 0 Å². The van der Waals surface area contributed by atoms with Crippen LogP contribution in [0.3, 0.4) is 0 Å². The minimum atomic E-state index is -0.596. The standard InChI is InChI=1S/C12H10FN3O3/c1-7-4-9(2-3-10(7)13)19-12-6-8(16(17)18)5-11(14)15-12/h2-6H,1H3,(H2,14,15). The molecular formula is C12H10FN3O3. The van der Waals surface area contributed by atoms with Crippen LogP contribution >= 0.6 is 0 Å². The highest BCUT2D eigenvalue weighted by atomic mass is 19.1. The lowest BCUT2D eigenvalue weighted by molar-refractivity contribution is -0.384. The van der Waals surface area contributed by atoms with E-state index >= 15 is 0 Å². The number of nitrogen functional groups attached to an aromatic ring is 1. The number of pyridine rings is 1. The van der Waals surface area contributed by atoms with E-state index in [0.29, 0.717) is 11.3 Å². The van der Waals surface area contributed by atoms with Crippen LogP contribution in [0.25, 0.3) is 0 Å². The summed E-state index contributed by atoms with van der Waals surface area (Å²) in [4.78, 5) is 13.9. The number of rotatable bonds is 3. The van der Waals surface area contributed by atoms with Crippen molar-refractivity contribution in [2.24, 2.45) is 0 Å². The van der Waals surface area contributed by atoms with Crippen molar-refractivity contribution in [1.29, 1.82) is 0 Å². The van der Waals surface area contributed by atoms with Gasteiger partial charge in [0, 0.05) is 0 Å². The predicted molar refractivity (Wildman–Crippen MR) is 66.5 cm³/mol. The molecule has 6 nitrogen and oxygen atoms in total. The molecule has 0 aliphatic heterocycles. The van der Waals surface area contributed by atoms with Gasteiger partial charge in [-0.3, -0.25) is 10.1 Å². The molecule has 0 unspecified atom stereocenters. The fraction of sp³-hybridized carbons (Fsp3) is 0.0833. The SMILES string of the molecule is Cc1cc(Oc2cc([N+](=O)[O-])cc(N)n2)ccc1F. The minimum absolute atomic E-state index is 0.0160. The molecule has 0 aliphatic carbocycles. The van der Waals surface area contributed by atoms with Crippen LogP contribution in [0.5, 0.6) is 11.6 Å². The maximum absolute atomic E-state index is 13.1. The average molecular weight is 263 g/mol. The van der Waals surface area contributed by atoms with E-state index in [4.69, 9.17) is 10.5 Å². The number of aryl methyl sites for hydroxylation is 1. The third-order valence-electron chi connectivity index (χ3n) is 2.37. The number of halogens is 1. The summed E-state index contributed by atoms with van der Waals surface area (Å²) in [6.07, 6.45) is 0. The molecule has 0 spiro atoms. The first-order chi connectivity index (χ1) is 8.95. The highest BCUT2D eigenvalue weighted by Gasteiger charge is 2.11. The molecule has 0 radical (unpaired) electrons. The Morgan fingerprint density at radius 2 is 2.11 bits per heavy atom. The number of nitrogens with zero attached hydrogens (tertiary/aromatic N) is 2. The Morgan fingerprint density at radius 3 is 2.74 bits per heavy atom. The lowest BCUT2D eigenvalue weighted by Gasteiger charge is -2.06. The van der Waals surface area contributed by atoms with E-state index < -0.39 is 4.92 Å². The maximum Gasteiger partial charge on any atom is 0.278 e. The first-order valence-electron chi connectivity index (χ1n) is 5.31. The number of anilines is 1. The fourth-order valence-corrected chi connectivity index (χ4v) is 1.47. The van der Waals surface area contributed by atoms with Gasteiger partial charge in [0.25, 0.3) is 5.69 Å². The van der Waals surface area contributed by atoms with E-state index in [9.17, 15) is 14.5 Å². The lowest BCUT2D eigenvalue weighted by atomic mass is 10.2. The largest absolute Gasteiger partial charge is 0.439 e. The third-order valence-corrected chi connectivity index (χ3v) is 2.37. The maximum atomic E-state index is 13.1. The molecule has 0 aliphatic rings. The first kappa shape index (κ1) is 12.7. The smallest absolute Gasteiger partial charge is 0.278 e. The normalized spacial score (nSPS) is 10.2. The number of benzene rings is 1. The summed E-state index contributed by atoms with van der Waals surface area (Å²) in [6, 6.07) is 6.38. The molecule has 0 saturated carbocycles. The van der Waals surface area contributed by atoms with Crippen LogP contribution in [-0.2, 0) is 0 Å². The van der Waals surface area contributed by atoms with Gasteiger partial charge < -0.3 is 10.5 Å². The van der Waals surface area contributed by atoms with Gasteiger partial charge in [0.15, 0.2) is 0 Å². The van der Waals surface area contributed by atoms with E-state index in [1.807, 2.05) is 0 Å². The van der Waals surface area contributed by atoms with E-state index in [0.717, 1.165) is 12.1 Å². The van der Waals surface area contributed by atoms with E-state index in [2.05, 4.69) is 4.98 Å². The topological polar surface area (TPSA) is 91.3 Å². The molecule has 1 aromatic heterocycles. The van der Waals surface area contributed by atoms with Gasteiger partial charge in [0.05, 0.1) is 17.1 Å². The summed E-state index contributed by atoms with van der Waals surface area (Å²) in [7, 11) is 0. The highest BCUT2D eigenvalue weighted by molar-refractivity contribution is 5.46. The van der Waals surface area contributed by atoms with Gasteiger partial charge in [-0.25, -0.2) is 4.39 Å². The summed E-state index contributed by atoms with van der Waals surface area (Å²) in [6.45, 7) is 1.58. The second-order valence-electron chi connectivity index (χ2n) is 3.86. The van der Waals surface area contributed by atoms with E-state index in [1.54, 1.807) is 6.92 Å². The second-order valence-corrected chi connectivity index (χ2v) is 3.86. The molecule has 1 heterocycles. The van der Waals surface area contributed by atoms with Gasteiger partial charge in [-0.05, 0) is 30.7 Å². The molecule has 0 bridgehead atoms. The summed E-state index contributed by atoms with van der Waals surface area (Å²) in [5, 5.41) is 10.7. The zero-order chi connectivity index (χ0) is 14.0. The molecule has 0 fully saturated rings. The number of hydrogen-bond acceptors (Lipinski definition) is 5. The molecule has 0 amide bonds. The molecule has 19 heavy (non-hydrogen) atoms. The lowest BCUT2D eigenvalue weighted by Crippen LogP contribution is -1.97. The van der Waals surface area contributed by atoms with Gasteiger partial charge >= 0.3 is 0 Å². The number of hydrogen-bond donors (Lipinski definition) is 1. The molecule has 0 atom stereocenters. The Hall–Kier alpha value is -2.70. The van der Waals surface area contributed by atoms with Gasteiger partial charge in [0.1, 0.15) is 17.4 Å². The van der Waals surface area contributed by atoms with Gasteiger partial charge in [-0.15, -0.1) is 0 Å². The zero-order valence-corrected chi connectivity index (χ0v) is 9.96. The van der Waals surface area contributed by atoms with Crippen LogP contribution in [-0.4, -0.2) is 9.91 Å². The van der Waals surface area contributed by atoms with Crippen molar-refractivity contribution in [2.75, 3.05) is 5.73 Å². The Labute approximate surface area is 107 Å². The Balaban J connectivity index is 2.32. The van der Waals surface area contributed by atoms with Crippen LogP contribution in [0, 0.1) is 22.9 Å². The number of nitro groups is 1.